The van der Waals surface area contributed by atoms with Crippen LogP contribution in [0, 0.1) is 0 Å². The number of ether oxygens (including phenoxy) is 3. The van der Waals surface area contributed by atoms with Crippen molar-refractivity contribution < 1.29 is 23.5 Å². The molecule has 0 spiro atoms. The number of nitrogens with one attached hydrogen (secondary N) is 1. The molecule has 7 nitrogen and oxygen atoms in total. The number of hydrogen-bond donors (Lipinski definition) is 1. The topological polar surface area (TPSA) is 82.8 Å². The van der Waals surface area contributed by atoms with E-state index in [4.69, 9.17) is 30.3 Å². The molecule has 0 aliphatic rings. The van der Waals surface area contributed by atoms with E-state index < -0.39 is 0 Å². The quantitative estimate of drug-likeness (QED) is 0.597. The van der Waals surface area contributed by atoms with Crippen LogP contribution in [0.25, 0.3) is 11.3 Å². The third-order valence-corrected chi connectivity index (χ3v) is 4.55. The molecule has 0 aliphatic carbocycles. The van der Waals surface area contributed by atoms with Crippen molar-refractivity contribution in [1.82, 2.24) is 10.5 Å². The van der Waals surface area contributed by atoms with Gasteiger partial charge in [0.2, 0.25) is 5.75 Å². The number of aromatic nitrogens is 1. The Morgan fingerprint density at radius 3 is 2.28 bits per heavy atom. The zero-order valence-electron chi connectivity index (χ0n) is 16.3. The minimum atomic E-state index is -0.318. The average Bonchev–Trinajstić information content (AvgIpc) is 3.23. The molecular weight excluding hydrogens is 396 g/mol. The van der Waals surface area contributed by atoms with Crippen LogP contribution < -0.4 is 19.5 Å². The van der Waals surface area contributed by atoms with Crippen LogP contribution >= 0.6 is 11.6 Å². The van der Waals surface area contributed by atoms with E-state index in [0.717, 1.165) is 11.1 Å². The highest BCUT2D eigenvalue weighted by Gasteiger charge is 2.15. The zero-order chi connectivity index (χ0) is 20.8. The van der Waals surface area contributed by atoms with E-state index >= 15 is 0 Å². The molecular formula is C21H21ClN2O5. The van der Waals surface area contributed by atoms with Gasteiger partial charge in [-0.25, -0.2) is 0 Å². The number of benzene rings is 2. The molecule has 3 rings (SSSR count). The Labute approximate surface area is 173 Å². The number of methoxy groups -OCH3 is 3. The van der Waals surface area contributed by atoms with E-state index in [1.54, 1.807) is 51.7 Å². The summed E-state index contributed by atoms with van der Waals surface area (Å²) >= 11 is 5.88. The van der Waals surface area contributed by atoms with Crippen molar-refractivity contribution >= 4 is 17.5 Å². The van der Waals surface area contributed by atoms with Crippen LogP contribution in [0.5, 0.6) is 17.2 Å². The van der Waals surface area contributed by atoms with Crippen LogP contribution in [0.2, 0.25) is 5.02 Å². The summed E-state index contributed by atoms with van der Waals surface area (Å²) in [6.45, 7) is 0.403. The first-order valence-corrected chi connectivity index (χ1v) is 9.23. The van der Waals surface area contributed by atoms with Crippen LogP contribution in [0.4, 0.5) is 0 Å². The van der Waals surface area contributed by atoms with Crippen molar-refractivity contribution in [3.63, 3.8) is 0 Å². The first kappa shape index (κ1) is 20.5. The van der Waals surface area contributed by atoms with E-state index in [1.165, 1.54) is 0 Å². The predicted octanol–water partition coefficient (Wildman–Crippen LogP) is 3.99. The van der Waals surface area contributed by atoms with Crippen LogP contribution in [-0.4, -0.2) is 38.9 Å². The number of halogens is 1. The lowest BCUT2D eigenvalue weighted by molar-refractivity contribution is 0.0945. The summed E-state index contributed by atoms with van der Waals surface area (Å²) in [4.78, 5) is 12.4. The lowest BCUT2D eigenvalue weighted by atomic mass is 10.1. The predicted molar refractivity (Wildman–Crippen MR) is 109 cm³/mol. The maximum Gasteiger partial charge on any atom is 0.273 e. The molecule has 0 bridgehead atoms. The minimum Gasteiger partial charge on any atom is -0.493 e. The third-order valence-electron chi connectivity index (χ3n) is 4.30. The van der Waals surface area contributed by atoms with Gasteiger partial charge in [-0.05, 0) is 48.4 Å². The summed E-state index contributed by atoms with van der Waals surface area (Å²) < 4.78 is 21.3. The number of carbonyl (C=O) groups is 1. The highest BCUT2D eigenvalue weighted by atomic mass is 35.5. The van der Waals surface area contributed by atoms with E-state index in [0.29, 0.717) is 41.0 Å². The average molecular weight is 417 g/mol. The maximum atomic E-state index is 12.4. The van der Waals surface area contributed by atoms with Crippen molar-refractivity contribution in [2.75, 3.05) is 27.9 Å². The van der Waals surface area contributed by atoms with Gasteiger partial charge in [0.1, 0.15) is 0 Å². The van der Waals surface area contributed by atoms with E-state index in [-0.39, 0.29) is 11.6 Å². The Morgan fingerprint density at radius 2 is 1.69 bits per heavy atom. The molecule has 0 saturated carbocycles. The van der Waals surface area contributed by atoms with Gasteiger partial charge in [-0.2, -0.15) is 0 Å². The molecule has 1 aromatic heterocycles. The fraction of sp³-hybridized carbons (Fsp3) is 0.238. The molecule has 0 saturated heterocycles. The normalized spacial score (nSPS) is 10.5. The van der Waals surface area contributed by atoms with Gasteiger partial charge in [-0.15, -0.1) is 0 Å². The fourth-order valence-electron chi connectivity index (χ4n) is 2.82. The molecule has 152 valence electrons. The third kappa shape index (κ3) is 4.81. The van der Waals surface area contributed by atoms with Crippen molar-refractivity contribution in [2.24, 2.45) is 0 Å². The second kappa shape index (κ2) is 9.34. The minimum absolute atomic E-state index is 0.208. The van der Waals surface area contributed by atoms with Gasteiger partial charge in [0, 0.05) is 23.2 Å². The van der Waals surface area contributed by atoms with Gasteiger partial charge in [-0.1, -0.05) is 16.8 Å². The molecule has 1 heterocycles. The molecule has 0 atom stereocenters. The highest BCUT2D eigenvalue weighted by molar-refractivity contribution is 6.30. The zero-order valence-corrected chi connectivity index (χ0v) is 17.1. The smallest absolute Gasteiger partial charge is 0.273 e. The van der Waals surface area contributed by atoms with Gasteiger partial charge in [0.15, 0.2) is 23.0 Å². The second-order valence-corrected chi connectivity index (χ2v) is 6.56. The summed E-state index contributed by atoms with van der Waals surface area (Å²) in [5.41, 5.74) is 1.93. The van der Waals surface area contributed by atoms with E-state index in [2.05, 4.69) is 10.5 Å². The Hall–Kier alpha value is -3.19. The summed E-state index contributed by atoms with van der Waals surface area (Å²) in [5, 5.41) is 7.29. The van der Waals surface area contributed by atoms with Crippen LogP contribution in [0.15, 0.2) is 47.0 Å². The Balaban J connectivity index is 1.62. The summed E-state index contributed by atoms with van der Waals surface area (Å²) in [6, 6.07) is 12.4. The molecule has 1 N–H and O–H groups in total. The fourth-order valence-corrected chi connectivity index (χ4v) is 2.95. The number of carbonyl (C=O) groups excluding carboxylic acids is 1. The summed E-state index contributed by atoms with van der Waals surface area (Å²) in [7, 11) is 4.67. The number of nitrogens with zero attached hydrogens (tertiary/aromatic N) is 1. The molecule has 2 aromatic carbocycles. The molecule has 0 fully saturated rings. The molecule has 0 unspecified atom stereocenters. The van der Waals surface area contributed by atoms with Crippen LogP contribution in [-0.2, 0) is 6.42 Å². The summed E-state index contributed by atoms with van der Waals surface area (Å²) in [6.07, 6.45) is 0.574. The number of rotatable bonds is 8. The lowest BCUT2D eigenvalue weighted by Crippen LogP contribution is -2.25. The number of amides is 1. The van der Waals surface area contributed by atoms with E-state index in [1.807, 2.05) is 12.1 Å². The molecule has 0 aliphatic heterocycles. The second-order valence-electron chi connectivity index (χ2n) is 6.12. The summed E-state index contributed by atoms with van der Waals surface area (Å²) in [5.74, 6) is 1.84. The van der Waals surface area contributed by atoms with Crippen LogP contribution in [0.1, 0.15) is 16.1 Å². The number of hydrogen-bond acceptors (Lipinski definition) is 6. The Bertz CT molecular complexity index is 960. The molecule has 0 radical (unpaired) electrons. The Morgan fingerprint density at radius 1 is 1.03 bits per heavy atom. The van der Waals surface area contributed by atoms with Gasteiger partial charge in [-0.3, -0.25) is 4.79 Å². The van der Waals surface area contributed by atoms with Crippen molar-refractivity contribution in [1.29, 1.82) is 0 Å². The molecule has 29 heavy (non-hydrogen) atoms. The SMILES string of the molecule is COc1cc(CCNC(=O)c2cc(-c3ccc(Cl)cc3)on2)cc(OC)c1OC. The van der Waals surface area contributed by atoms with Gasteiger partial charge in [0.25, 0.3) is 5.91 Å². The van der Waals surface area contributed by atoms with E-state index in [9.17, 15) is 4.79 Å². The monoisotopic (exact) mass is 416 g/mol. The van der Waals surface area contributed by atoms with Gasteiger partial charge >= 0.3 is 0 Å². The van der Waals surface area contributed by atoms with Crippen molar-refractivity contribution in [3.8, 4) is 28.6 Å². The van der Waals surface area contributed by atoms with Gasteiger partial charge in [0.05, 0.1) is 21.3 Å². The first-order chi connectivity index (χ1) is 14.0. The first-order valence-electron chi connectivity index (χ1n) is 8.85. The highest BCUT2D eigenvalue weighted by Crippen LogP contribution is 2.38. The molecule has 3 aromatic rings. The lowest BCUT2D eigenvalue weighted by Gasteiger charge is -2.14. The van der Waals surface area contributed by atoms with Gasteiger partial charge < -0.3 is 24.1 Å². The standard InChI is InChI=1S/C21H21ClN2O5/c1-26-18-10-13(11-19(27-2)20(18)28-3)8-9-23-21(25)16-12-17(29-24-16)14-4-6-15(22)7-5-14/h4-7,10-12H,8-9H2,1-3H3,(H,23,25). The Kier molecular flexibility index (Phi) is 6.61. The molecule has 1 amide bonds. The maximum absolute atomic E-state index is 12.4. The largest absolute Gasteiger partial charge is 0.493 e. The molecule has 8 heteroatoms. The van der Waals surface area contributed by atoms with Crippen LogP contribution in [0.3, 0.4) is 0 Å². The van der Waals surface area contributed by atoms with Crippen molar-refractivity contribution in [3.05, 3.63) is 58.7 Å². The van der Waals surface area contributed by atoms with Crippen molar-refractivity contribution in [2.45, 2.75) is 6.42 Å².